The largest absolute Gasteiger partial charge is 0.109 e. The van der Waals surface area contributed by atoms with Crippen LogP contribution < -0.4 is 0 Å². The molecular weight excluding hydrogens is 254 g/mol. The normalized spacial score (nSPS) is 11.7. The van der Waals surface area contributed by atoms with Crippen LogP contribution in [0.5, 0.6) is 0 Å². The molecule has 96 valence electrons. The van der Waals surface area contributed by atoms with Crippen LogP contribution in [-0.4, -0.2) is 26.7 Å². The van der Waals surface area contributed by atoms with Crippen molar-refractivity contribution < 1.29 is 0 Å². The first-order valence-electron chi connectivity index (χ1n) is 6.37. The fourth-order valence-electron chi connectivity index (χ4n) is 2.40. The Kier molecular flexibility index (Phi) is 4.77. The highest BCUT2D eigenvalue weighted by Gasteiger charge is 2.07. The molecule has 0 spiro atoms. The third-order valence-corrected chi connectivity index (χ3v) is 5.02. The zero-order chi connectivity index (χ0) is 13.1. The van der Waals surface area contributed by atoms with Crippen LogP contribution in [0.15, 0.2) is 36.4 Å². The topological polar surface area (TPSA) is 0 Å². The summed E-state index contributed by atoms with van der Waals surface area (Å²) >= 11 is 0. The second-order valence-electron chi connectivity index (χ2n) is 5.40. The van der Waals surface area contributed by atoms with Crippen LogP contribution in [0.4, 0.5) is 0 Å². The number of hydrogen-bond acceptors (Lipinski definition) is 0. The summed E-state index contributed by atoms with van der Waals surface area (Å²) in [6.07, 6.45) is 2.48. The van der Waals surface area contributed by atoms with E-state index >= 15 is 0 Å². The molecule has 2 aromatic rings. The van der Waals surface area contributed by atoms with Crippen molar-refractivity contribution in [1.82, 2.24) is 0 Å². The quantitative estimate of drug-likeness (QED) is 0.663. The van der Waals surface area contributed by atoms with Crippen LogP contribution in [0, 0.1) is 0 Å². The molecule has 0 aliphatic carbocycles. The van der Waals surface area contributed by atoms with E-state index in [9.17, 15) is 0 Å². The molecule has 0 aliphatic heterocycles. The molecule has 0 saturated carbocycles. The van der Waals surface area contributed by atoms with Crippen LogP contribution in [0.2, 0.25) is 0 Å². The molecule has 0 aromatic heterocycles. The monoisotopic (exact) mass is 276 g/mol. The van der Waals surface area contributed by atoms with Gasteiger partial charge in [0.05, 0.1) is 0 Å². The summed E-state index contributed by atoms with van der Waals surface area (Å²) in [5.74, 6) is 0. The van der Waals surface area contributed by atoms with Crippen LogP contribution in [0.1, 0.15) is 11.1 Å². The third-order valence-electron chi connectivity index (χ3n) is 3.08. The molecule has 0 fully saturated rings. The fraction of sp³-hybridized carbons (Fsp3) is 0.375. The molecule has 0 radical (unpaired) electrons. The van der Waals surface area contributed by atoms with Gasteiger partial charge in [-0.2, -0.15) is 0 Å². The van der Waals surface area contributed by atoms with Crippen molar-refractivity contribution >= 4 is 26.6 Å². The highest BCUT2D eigenvalue weighted by atomic mass is 31.1. The summed E-state index contributed by atoms with van der Waals surface area (Å²) < 4.78 is 0. The van der Waals surface area contributed by atoms with E-state index in [1.807, 2.05) is 0 Å². The van der Waals surface area contributed by atoms with Crippen molar-refractivity contribution in [2.75, 3.05) is 26.7 Å². The molecule has 0 unspecified atom stereocenters. The van der Waals surface area contributed by atoms with E-state index in [1.54, 1.807) is 0 Å². The summed E-state index contributed by atoms with van der Waals surface area (Å²) in [4.78, 5) is 0. The summed E-state index contributed by atoms with van der Waals surface area (Å²) in [7, 11) is 0.255. The maximum atomic E-state index is 2.36. The molecule has 0 nitrogen and oxygen atoms in total. The molecule has 0 aliphatic rings. The number of rotatable bonds is 4. The Morgan fingerprint density at radius 3 is 1.39 bits per heavy atom. The van der Waals surface area contributed by atoms with Gasteiger partial charge in [-0.15, -0.1) is 15.8 Å². The van der Waals surface area contributed by atoms with Crippen molar-refractivity contribution in [1.29, 1.82) is 0 Å². The Morgan fingerprint density at radius 1 is 0.667 bits per heavy atom. The van der Waals surface area contributed by atoms with Gasteiger partial charge in [-0.1, -0.05) is 36.4 Å². The lowest BCUT2D eigenvalue weighted by molar-refractivity contribution is 1.40. The van der Waals surface area contributed by atoms with Crippen molar-refractivity contribution in [2.45, 2.75) is 12.3 Å². The zero-order valence-corrected chi connectivity index (χ0v) is 13.6. The lowest BCUT2D eigenvalue weighted by Crippen LogP contribution is -1.90. The fourth-order valence-corrected chi connectivity index (χ4v) is 4.31. The van der Waals surface area contributed by atoms with Gasteiger partial charge in [0.15, 0.2) is 0 Å². The second kappa shape index (κ2) is 6.14. The van der Waals surface area contributed by atoms with Crippen LogP contribution in [0.25, 0.3) is 10.8 Å². The maximum absolute atomic E-state index is 2.36. The molecule has 0 amide bonds. The Bertz CT molecular complexity index is 480. The van der Waals surface area contributed by atoms with Gasteiger partial charge in [0.1, 0.15) is 0 Å². The Labute approximate surface area is 113 Å². The smallest absolute Gasteiger partial charge is 0.00719 e. The molecule has 2 aromatic carbocycles. The van der Waals surface area contributed by atoms with Crippen molar-refractivity contribution in [2.24, 2.45) is 0 Å². The molecule has 0 bridgehead atoms. The van der Waals surface area contributed by atoms with Gasteiger partial charge in [-0.05, 0) is 60.9 Å². The standard InChI is InChI=1S/C16H22P2/c1-17(2)11-13-7-5-10-16-14(12-18(3)4)8-6-9-15(13)16/h5-10H,11-12H2,1-4H3. The van der Waals surface area contributed by atoms with Gasteiger partial charge in [-0.25, -0.2) is 0 Å². The molecule has 2 rings (SSSR count). The molecular formula is C16H22P2. The van der Waals surface area contributed by atoms with Crippen molar-refractivity contribution in [3.8, 4) is 0 Å². The highest BCUT2D eigenvalue weighted by molar-refractivity contribution is 7.55. The van der Waals surface area contributed by atoms with Crippen LogP contribution >= 0.6 is 15.8 Å². The summed E-state index contributed by atoms with van der Waals surface area (Å²) in [5.41, 5.74) is 3.06. The first-order valence-corrected chi connectivity index (χ1v) is 11.2. The minimum Gasteiger partial charge on any atom is -0.109 e. The van der Waals surface area contributed by atoms with Gasteiger partial charge >= 0.3 is 0 Å². The lowest BCUT2D eigenvalue weighted by Gasteiger charge is -2.13. The van der Waals surface area contributed by atoms with Gasteiger partial charge in [-0.3, -0.25) is 0 Å². The van der Waals surface area contributed by atoms with E-state index in [4.69, 9.17) is 0 Å². The van der Waals surface area contributed by atoms with E-state index in [1.165, 1.54) is 34.2 Å². The average Bonchev–Trinajstić information content (AvgIpc) is 2.29. The zero-order valence-electron chi connectivity index (χ0n) is 11.8. The predicted molar refractivity (Wildman–Crippen MR) is 88.9 cm³/mol. The molecule has 0 saturated heterocycles. The summed E-state index contributed by atoms with van der Waals surface area (Å²) in [5, 5.41) is 2.95. The van der Waals surface area contributed by atoms with E-state index in [-0.39, 0.29) is 15.8 Å². The van der Waals surface area contributed by atoms with Crippen molar-refractivity contribution in [3.05, 3.63) is 47.5 Å². The number of benzene rings is 2. The minimum atomic E-state index is 0.128. The van der Waals surface area contributed by atoms with E-state index in [2.05, 4.69) is 63.1 Å². The molecule has 18 heavy (non-hydrogen) atoms. The second-order valence-corrected chi connectivity index (χ2v) is 10.4. The number of fused-ring (bicyclic) bond motifs is 1. The molecule has 0 atom stereocenters. The molecule has 0 N–H and O–H groups in total. The van der Waals surface area contributed by atoms with Gasteiger partial charge < -0.3 is 0 Å². The Balaban J connectivity index is 2.50. The molecule has 2 heteroatoms. The van der Waals surface area contributed by atoms with Crippen molar-refractivity contribution in [3.63, 3.8) is 0 Å². The number of hydrogen-bond donors (Lipinski definition) is 0. The predicted octanol–water partition coefficient (Wildman–Crippen LogP) is 5.32. The van der Waals surface area contributed by atoms with Gasteiger partial charge in [0.2, 0.25) is 0 Å². The van der Waals surface area contributed by atoms with E-state index < -0.39 is 0 Å². The minimum absolute atomic E-state index is 0.128. The molecule has 0 heterocycles. The summed E-state index contributed by atoms with van der Waals surface area (Å²) in [6.45, 7) is 9.43. The van der Waals surface area contributed by atoms with Crippen LogP contribution in [0.3, 0.4) is 0 Å². The first-order chi connectivity index (χ1) is 8.58. The lowest BCUT2D eigenvalue weighted by atomic mass is 10.0. The average molecular weight is 276 g/mol. The van der Waals surface area contributed by atoms with Crippen LogP contribution in [-0.2, 0) is 12.3 Å². The Morgan fingerprint density at radius 2 is 1.06 bits per heavy atom. The van der Waals surface area contributed by atoms with E-state index in [0.717, 1.165) is 0 Å². The van der Waals surface area contributed by atoms with Gasteiger partial charge in [0.25, 0.3) is 0 Å². The maximum Gasteiger partial charge on any atom is -0.00719 e. The third kappa shape index (κ3) is 3.31. The first kappa shape index (κ1) is 14.0. The summed E-state index contributed by atoms with van der Waals surface area (Å²) in [6, 6.07) is 13.6. The van der Waals surface area contributed by atoms with E-state index in [0.29, 0.717) is 0 Å². The van der Waals surface area contributed by atoms with Gasteiger partial charge in [0, 0.05) is 0 Å². The highest BCUT2D eigenvalue weighted by Crippen LogP contribution is 2.37. The Hall–Kier alpha value is -0.440. The SMILES string of the molecule is CP(C)Cc1cccc2c(CP(C)C)cccc12.